The lowest BCUT2D eigenvalue weighted by atomic mass is 9.52. The zero-order valence-corrected chi connectivity index (χ0v) is 11.1. The van der Waals surface area contributed by atoms with E-state index >= 15 is 0 Å². The lowest BCUT2D eigenvalue weighted by molar-refractivity contribution is -0.180. The van der Waals surface area contributed by atoms with Crippen LogP contribution in [0.2, 0.25) is 0 Å². The van der Waals surface area contributed by atoms with E-state index in [2.05, 4.69) is 0 Å². The summed E-state index contributed by atoms with van der Waals surface area (Å²) in [5.74, 6) is -4.38. The molecule has 98 valence electrons. The average molecular weight is 244 g/mol. The first-order valence-electron chi connectivity index (χ1n) is 5.31. The highest BCUT2D eigenvalue weighted by atomic mass is 16.4. The fourth-order valence-electron chi connectivity index (χ4n) is 2.71. The average Bonchev–Trinajstić information content (AvgIpc) is 1.97. The third-order valence-corrected chi connectivity index (χ3v) is 3.11. The molecule has 0 saturated heterocycles. The van der Waals surface area contributed by atoms with Crippen molar-refractivity contribution in [2.75, 3.05) is 0 Å². The first-order chi connectivity index (χ1) is 7.30. The molecule has 0 fully saturated rings. The number of rotatable bonds is 3. The summed E-state index contributed by atoms with van der Waals surface area (Å²) in [6.07, 6.45) is 0. The molecule has 5 nitrogen and oxygen atoms in total. The molecule has 0 saturated carbocycles. The summed E-state index contributed by atoms with van der Waals surface area (Å²) in [5.41, 5.74) is -3.98. The Morgan fingerprint density at radius 2 is 1.06 bits per heavy atom. The Bertz CT molecular complexity index is 340. The summed E-state index contributed by atoms with van der Waals surface area (Å²) in [4.78, 5) is 34.4. The molecule has 0 aromatic heterocycles. The minimum atomic E-state index is -1.97. The van der Waals surface area contributed by atoms with Crippen LogP contribution >= 0.6 is 0 Å². The Morgan fingerprint density at radius 1 is 0.765 bits per heavy atom. The molecule has 0 aliphatic heterocycles. The maximum atomic E-state index is 11.9. The van der Waals surface area contributed by atoms with Gasteiger partial charge in [-0.3, -0.25) is 9.59 Å². The zero-order chi connectivity index (χ0) is 14.2. The van der Waals surface area contributed by atoms with Crippen LogP contribution in [-0.2, 0) is 14.4 Å². The molecular weight excluding hydrogens is 224 g/mol. The van der Waals surface area contributed by atoms with Gasteiger partial charge in [-0.2, -0.15) is 0 Å². The third kappa shape index (κ3) is 2.18. The summed E-state index contributed by atoms with van der Waals surface area (Å²) < 4.78 is 0. The molecule has 0 rings (SSSR count). The third-order valence-electron chi connectivity index (χ3n) is 3.11. The molecule has 0 unspecified atom stereocenters. The second-order valence-corrected chi connectivity index (χ2v) is 6.19. The fourth-order valence-corrected chi connectivity index (χ4v) is 2.71. The second kappa shape index (κ2) is 4.13. The lowest BCUT2D eigenvalue weighted by Crippen LogP contribution is -2.59. The predicted octanol–water partition coefficient (Wildman–Crippen LogP) is 1.80. The number of hydrogen-bond donors (Lipinski definition) is 2. The van der Waals surface area contributed by atoms with Crippen LogP contribution in [0.5, 0.6) is 0 Å². The van der Waals surface area contributed by atoms with E-state index in [1.54, 1.807) is 41.5 Å². The summed E-state index contributed by atoms with van der Waals surface area (Å²) in [6.45, 7) is 9.38. The van der Waals surface area contributed by atoms with Gasteiger partial charge in [0.25, 0.3) is 5.78 Å². The second-order valence-electron chi connectivity index (χ2n) is 6.19. The molecule has 0 amide bonds. The molecule has 2 N–H and O–H groups in total. The molecule has 0 radical (unpaired) electrons. The van der Waals surface area contributed by atoms with E-state index in [0.29, 0.717) is 0 Å². The number of carboxylic acid groups (broad SMARTS) is 2. The number of hydrogen-bond acceptors (Lipinski definition) is 3. The van der Waals surface area contributed by atoms with Crippen LogP contribution in [0.15, 0.2) is 0 Å². The summed E-state index contributed by atoms with van der Waals surface area (Å²) in [7, 11) is 0. The van der Waals surface area contributed by atoms with E-state index in [1.807, 2.05) is 0 Å². The minimum absolute atomic E-state index is 1.01. The van der Waals surface area contributed by atoms with Gasteiger partial charge in [0.15, 0.2) is 0 Å². The van der Waals surface area contributed by atoms with Crippen molar-refractivity contribution in [1.29, 1.82) is 0 Å². The van der Waals surface area contributed by atoms with Crippen molar-refractivity contribution in [3.05, 3.63) is 0 Å². The SMILES string of the molecule is CC(C)(C)C(C(=O)O)(C(=O)C(=O)O)C(C)(C)C. The van der Waals surface area contributed by atoms with E-state index in [9.17, 15) is 19.5 Å². The number of carboxylic acids is 2. The van der Waals surface area contributed by atoms with Crippen LogP contribution in [-0.4, -0.2) is 27.9 Å². The van der Waals surface area contributed by atoms with Crippen molar-refractivity contribution in [2.24, 2.45) is 16.2 Å². The molecule has 0 aliphatic rings. The van der Waals surface area contributed by atoms with E-state index in [-0.39, 0.29) is 0 Å². The van der Waals surface area contributed by atoms with Gasteiger partial charge < -0.3 is 10.2 Å². The highest BCUT2D eigenvalue weighted by Gasteiger charge is 2.63. The van der Waals surface area contributed by atoms with Gasteiger partial charge in [-0.1, -0.05) is 41.5 Å². The van der Waals surface area contributed by atoms with Crippen LogP contribution in [0, 0.1) is 16.2 Å². The molecular formula is C12H20O5. The Balaban J connectivity index is 6.26. The van der Waals surface area contributed by atoms with E-state index in [4.69, 9.17) is 5.11 Å². The Hall–Kier alpha value is -1.39. The highest BCUT2D eigenvalue weighted by Crippen LogP contribution is 2.52. The van der Waals surface area contributed by atoms with Crippen molar-refractivity contribution in [2.45, 2.75) is 41.5 Å². The summed E-state index contributed by atoms with van der Waals surface area (Å²) in [6, 6.07) is 0. The zero-order valence-electron chi connectivity index (χ0n) is 11.1. The van der Waals surface area contributed by atoms with Crippen molar-refractivity contribution in [1.82, 2.24) is 0 Å². The maximum Gasteiger partial charge on any atom is 0.373 e. The Labute approximate surface area is 101 Å². The predicted molar refractivity (Wildman–Crippen MR) is 61.6 cm³/mol. The first kappa shape index (κ1) is 15.6. The van der Waals surface area contributed by atoms with E-state index < -0.39 is 34.0 Å². The minimum Gasteiger partial charge on any atom is -0.480 e. The van der Waals surface area contributed by atoms with Gasteiger partial charge in [0.1, 0.15) is 5.41 Å². The van der Waals surface area contributed by atoms with Gasteiger partial charge in [0.2, 0.25) is 0 Å². The normalized spacial score (nSPS) is 13.3. The molecule has 0 atom stereocenters. The van der Waals surface area contributed by atoms with Gasteiger partial charge in [-0.15, -0.1) is 0 Å². The quantitative estimate of drug-likeness (QED) is 0.583. The molecule has 0 aromatic rings. The molecule has 0 aliphatic carbocycles. The topological polar surface area (TPSA) is 91.7 Å². The smallest absolute Gasteiger partial charge is 0.373 e. The molecule has 0 spiro atoms. The number of ketones is 1. The Morgan fingerprint density at radius 3 is 1.12 bits per heavy atom. The molecule has 17 heavy (non-hydrogen) atoms. The summed E-state index contributed by atoms with van der Waals surface area (Å²) in [5, 5.41) is 18.3. The molecule has 5 heteroatoms. The molecule has 0 aromatic carbocycles. The van der Waals surface area contributed by atoms with E-state index in [1.165, 1.54) is 0 Å². The number of carbonyl (C=O) groups excluding carboxylic acids is 1. The number of Topliss-reactive ketones (excluding diaryl/α,β-unsaturated/α-hetero) is 1. The van der Waals surface area contributed by atoms with Gasteiger partial charge in [0.05, 0.1) is 0 Å². The monoisotopic (exact) mass is 244 g/mol. The van der Waals surface area contributed by atoms with Gasteiger partial charge in [-0.25, -0.2) is 4.79 Å². The van der Waals surface area contributed by atoms with Crippen molar-refractivity contribution in [3.63, 3.8) is 0 Å². The fraction of sp³-hybridized carbons (Fsp3) is 0.750. The highest BCUT2D eigenvalue weighted by molar-refractivity contribution is 6.39. The Kier molecular flexibility index (Phi) is 3.79. The van der Waals surface area contributed by atoms with Crippen LogP contribution in [0.4, 0.5) is 0 Å². The lowest BCUT2D eigenvalue weighted by Gasteiger charge is -2.47. The van der Waals surface area contributed by atoms with Gasteiger partial charge in [-0.05, 0) is 10.8 Å². The van der Waals surface area contributed by atoms with Crippen LogP contribution in [0.3, 0.4) is 0 Å². The van der Waals surface area contributed by atoms with Crippen molar-refractivity contribution >= 4 is 17.7 Å². The van der Waals surface area contributed by atoms with Crippen LogP contribution < -0.4 is 0 Å². The number of carbonyl (C=O) groups is 3. The largest absolute Gasteiger partial charge is 0.480 e. The van der Waals surface area contributed by atoms with Crippen LogP contribution in [0.25, 0.3) is 0 Å². The van der Waals surface area contributed by atoms with E-state index in [0.717, 1.165) is 0 Å². The number of aliphatic carboxylic acids is 2. The standard InChI is InChI=1S/C12H20O5/c1-10(2,3)12(9(16)17,11(4,5)6)7(13)8(14)15/h1-6H3,(H,14,15)(H,16,17). The molecule has 0 bridgehead atoms. The maximum absolute atomic E-state index is 11.9. The summed E-state index contributed by atoms with van der Waals surface area (Å²) >= 11 is 0. The van der Waals surface area contributed by atoms with Gasteiger partial charge >= 0.3 is 11.9 Å². The van der Waals surface area contributed by atoms with Crippen LogP contribution in [0.1, 0.15) is 41.5 Å². The molecule has 0 heterocycles. The first-order valence-corrected chi connectivity index (χ1v) is 5.31. The van der Waals surface area contributed by atoms with Crippen molar-refractivity contribution < 1.29 is 24.6 Å². The van der Waals surface area contributed by atoms with Crippen molar-refractivity contribution in [3.8, 4) is 0 Å². The van der Waals surface area contributed by atoms with Gasteiger partial charge in [0, 0.05) is 0 Å².